The van der Waals surface area contributed by atoms with Crippen LogP contribution >= 0.6 is 0 Å². The second-order valence-electron chi connectivity index (χ2n) is 3.89. The molecule has 0 radical (unpaired) electrons. The summed E-state index contributed by atoms with van der Waals surface area (Å²) in [6.07, 6.45) is 1.77. The summed E-state index contributed by atoms with van der Waals surface area (Å²) >= 11 is 0. The van der Waals surface area contributed by atoms with Crippen LogP contribution in [0.4, 0.5) is 5.82 Å². The van der Waals surface area contributed by atoms with Crippen LogP contribution in [0, 0.1) is 0 Å². The van der Waals surface area contributed by atoms with Crippen LogP contribution in [0.1, 0.15) is 0 Å². The molecule has 0 aliphatic carbocycles. The summed E-state index contributed by atoms with van der Waals surface area (Å²) in [6, 6.07) is 7.59. The molecule has 0 amide bonds. The van der Waals surface area contributed by atoms with Gasteiger partial charge in [0, 0.05) is 17.5 Å². The summed E-state index contributed by atoms with van der Waals surface area (Å²) in [5, 5.41) is 10.2. The highest BCUT2D eigenvalue weighted by Gasteiger charge is 2.06. The van der Waals surface area contributed by atoms with E-state index in [1.165, 1.54) is 0 Å². The molecule has 1 aromatic carbocycles. The number of H-pyrrole nitrogens is 1. The third-order valence-corrected chi connectivity index (χ3v) is 2.74. The quantitative estimate of drug-likeness (QED) is 0.422. The SMILES string of the molecule is Cn1cnc2cc(-c3cc(N=[N+]=[N-])[nH]n3)ccc21. The molecular formula is C11H9N7. The van der Waals surface area contributed by atoms with Crippen molar-refractivity contribution in [2.24, 2.45) is 12.2 Å². The molecule has 0 spiro atoms. The Bertz CT molecular complexity index is 761. The van der Waals surface area contributed by atoms with Crippen LogP contribution in [-0.4, -0.2) is 19.7 Å². The molecule has 7 heteroatoms. The van der Waals surface area contributed by atoms with E-state index in [4.69, 9.17) is 5.53 Å². The van der Waals surface area contributed by atoms with E-state index in [-0.39, 0.29) is 0 Å². The Hall–Kier alpha value is -2.79. The van der Waals surface area contributed by atoms with Crippen molar-refractivity contribution in [1.29, 1.82) is 0 Å². The molecule has 1 N–H and O–H groups in total. The monoisotopic (exact) mass is 239 g/mol. The van der Waals surface area contributed by atoms with E-state index >= 15 is 0 Å². The number of hydrogen-bond donors (Lipinski definition) is 1. The third-order valence-electron chi connectivity index (χ3n) is 2.74. The van der Waals surface area contributed by atoms with Gasteiger partial charge in [0.2, 0.25) is 0 Å². The van der Waals surface area contributed by atoms with Gasteiger partial charge < -0.3 is 4.57 Å². The van der Waals surface area contributed by atoms with Crippen molar-refractivity contribution in [1.82, 2.24) is 19.7 Å². The maximum Gasteiger partial charge on any atom is 0.122 e. The smallest absolute Gasteiger partial charge is 0.122 e. The zero-order valence-corrected chi connectivity index (χ0v) is 9.57. The molecule has 0 bridgehead atoms. The fourth-order valence-electron chi connectivity index (χ4n) is 1.85. The van der Waals surface area contributed by atoms with E-state index in [2.05, 4.69) is 25.2 Å². The molecule has 2 aromatic heterocycles. The van der Waals surface area contributed by atoms with E-state index in [1.54, 1.807) is 12.4 Å². The molecule has 2 heterocycles. The molecule has 0 saturated heterocycles. The first kappa shape index (κ1) is 10.4. The number of aromatic nitrogens is 4. The summed E-state index contributed by atoms with van der Waals surface area (Å²) in [7, 11) is 1.95. The van der Waals surface area contributed by atoms with Crippen LogP contribution in [0.25, 0.3) is 32.7 Å². The van der Waals surface area contributed by atoms with Gasteiger partial charge in [-0.25, -0.2) is 4.98 Å². The molecule has 0 saturated carbocycles. The molecule has 0 aliphatic rings. The Balaban J connectivity index is 2.09. The zero-order chi connectivity index (χ0) is 12.5. The Morgan fingerprint density at radius 3 is 3.11 bits per heavy atom. The van der Waals surface area contributed by atoms with Crippen molar-refractivity contribution >= 4 is 16.9 Å². The Morgan fingerprint density at radius 2 is 2.28 bits per heavy atom. The lowest BCUT2D eigenvalue weighted by molar-refractivity contribution is 0.948. The summed E-state index contributed by atoms with van der Waals surface area (Å²) in [5.41, 5.74) is 12.0. The average molecular weight is 239 g/mol. The van der Waals surface area contributed by atoms with Crippen molar-refractivity contribution < 1.29 is 0 Å². The number of imidazole rings is 1. The topological polar surface area (TPSA) is 95.3 Å². The second-order valence-corrected chi connectivity index (χ2v) is 3.89. The number of aromatic amines is 1. The first-order valence-corrected chi connectivity index (χ1v) is 5.30. The number of aryl methyl sites for hydroxylation is 1. The number of azide groups is 1. The summed E-state index contributed by atoms with van der Waals surface area (Å²) in [5.74, 6) is 0.397. The molecule has 7 nitrogen and oxygen atoms in total. The van der Waals surface area contributed by atoms with E-state index in [9.17, 15) is 0 Å². The first-order chi connectivity index (χ1) is 8.78. The Morgan fingerprint density at radius 1 is 1.39 bits per heavy atom. The highest BCUT2D eigenvalue weighted by molar-refractivity contribution is 5.81. The predicted molar refractivity (Wildman–Crippen MR) is 67.1 cm³/mol. The largest absolute Gasteiger partial charge is 0.334 e. The van der Waals surface area contributed by atoms with Crippen molar-refractivity contribution in [2.45, 2.75) is 0 Å². The minimum Gasteiger partial charge on any atom is -0.334 e. The van der Waals surface area contributed by atoms with Gasteiger partial charge in [-0.1, -0.05) is 6.07 Å². The molecule has 18 heavy (non-hydrogen) atoms. The van der Waals surface area contributed by atoms with Gasteiger partial charge >= 0.3 is 0 Å². The number of nitrogens with one attached hydrogen (secondary N) is 1. The highest BCUT2D eigenvalue weighted by Crippen LogP contribution is 2.24. The van der Waals surface area contributed by atoms with E-state index < -0.39 is 0 Å². The van der Waals surface area contributed by atoms with Gasteiger partial charge in [-0.15, -0.1) is 0 Å². The van der Waals surface area contributed by atoms with Gasteiger partial charge in [-0.05, 0) is 28.8 Å². The third kappa shape index (κ3) is 1.59. The van der Waals surface area contributed by atoms with Crippen molar-refractivity contribution in [3.63, 3.8) is 0 Å². The lowest BCUT2D eigenvalue weighted by Gasteiger charge is -1.97. The van der Waals surface area contributed by atoms with Crippen molar-refractivity contribution in [2.75, 3.05) is 0 Å². The maximum absolute atomic E-state index is 8.34. The molecule has 0 fully saturated rings. The predicted octanol–water partition coefficient (Wildman–Crippen LogP) is 2.91. The Kier molecular flexibility index (Phi) is 2.25. The Labute approximate surface area is 102 Å². The minimum absolute atomic E-state index is 0.397. The molecule has 88 valence electrons. The lowest BCUT2D eigenvalue weighted by Crippen LogP contribution is -1.84. The van der Waals surface area contributed by atoms with Gasteiger partial charge in [0.1, 0.15) is 5.82 Å². The normalized spacial score (nSPS) is 10.5. The van der Waals surface area contributed by atoms with E-state index in [0.29, 0.717) is 5.82 Å². The second kappa shape index (κ2) is 3.90. The lowest BCUT2D eigenvalue weighted by atomic mass is 10.1. The first-order valence-electron chi connectivity index (χ1n) is 5.30. The van der Waals surface area contributed by atoms with Crippen LogP contribution in [0.3, 0.4) is 0 Å². The summed E-state index contributed by atoms with van der Waals surface area (Å²) in [4.78, 5) is 6.99. The van der Waals surface area contributed by atoms with Gasteiger partial charge in [-0.2, -0.15) is 5.10 Å². The molecular weight excluding hydrogens is 230 g/mol. The fourth-order valence-corrected chi connectivity index (χ4v) is 1.85. The van der Waals surface area contributed by atoms with Gasteiger partial charge in [0.25, 0.3) is 0 Å². The maximum atomic E-state index is 8.34. The highest BCUT2D eigenvalue weighted by atomic mass is 15.2. The minimum atomic E-state index is 0.397. The van der Waals surface area contributed by atoms with Crippen LogP contribution in [0.15, 0.2) is 35.7 Å². The van der Waals surface area contributed by atoms with E-state index in [0.717, 1.165) is 22.3 Å². The molecule has 0 atom stereocenters. The molecule has 0 aliphatic heterocycles. The number of benzene rings is 1. The summed E-state index contributed by atoms with van der Waals surface area (Å²) < 4.78 is 1.95. The number of hydrogen-bond acceptors (Lipinski definition) is 3. The van der Waals surface area contributed by atoms with Gasteiger partial charge in [0.05, 0.1) is 23.1 Å². The van der Waals surface area contributed by atoms with Crippen molar-refractivity contribution in [3.8, 4) is 11.3 Å². The molecule has 0 unspecified atom stereocenters. The average Bonchev–Trinajstić information content (AvgIpc) is 2.97. The standard InChI is InChI=1S/C11H9N7/c1-18-6-13-9-4-7(2-3-10(9)18)8-5-11(15-14-8)16-17-12/h2-6H,1H3,(H,14,15). The molecule has 3 aromatic rings. The molecule has 3 rings (SSSR count). The zero-order valence-electron chi connectivity index (χ0n) is 9.57. The van der Waals surface area contributed by atoms with Crippen molar-refractivity contribution in [3.05, 3.63) is 41.0 Å². The van der Waals surface area contributed by atoms with Crippen LogP contribution in [-0.2, 0) is 7.05 Å². The number of fused-ring (bicyclic) bond motifs is 1. The number of rotatable bonds is 2. The van der Waals surface area contributed by atoms with Crippen LogP contribution in [0.5, 0.6) is 0 Å². The van der Waals surface area contributed by atoms with Gasteiger partial charge in [-0.3, -0.25) is 5.10 Å². The summed E-state index contributed by atoms with van der Waals surface area (Å²) in [6.45, 7) is 0. The number of nitrogens with zero attached hydrogens (tertiary/aromatic N) is 6. The van der Waals surface area contributed by atoms with Crippen LogP contribution < -0.4 is 0 Å². The van der Waals surface area contributed by atoms with E-state index in [1.807, 2.05) is 29.8 Å². The van der Waals surface area contributed by atoms with Gasteiger partial charge in [0.15, 0.2) is 0 Å². The van der Waals surface area contributed by atoms with Crippen LogP contribution in [0.2, 0.25) is 0 Å². The fraction of sp³-hybridized carbons (Fsp3) is 0.0909.